The molecule has 6 heteroatoms. The number of carbonyl (C=O) groups is 1. The van der Waals surface area contributed by atoms with Gasteiger partial charge in [-0.1, -0.05) is 23.4 Å². The largest absolute Gasteiger partial charge is 0.392 e. The van der Waals surface area contributed by atoms with Crippen LogP contribution in [-0.4, -0.2) is 27.6 Å². The van der Waals surface area contributed by atoms with Crippen molar-refractivity contribution in [1.29, 1.82) is 0 Å². The number of halogens is 1. The molecule has 0 bridgehead atoms. The van der Waals surface area contributed by atoms with E-state index in [4.69, 9.17) is 4.52 Å². The molecular formula is C19H17FN2O3. The average molecular weight is 340 g/mol. The summed E-state index contributed by atoms with van der Waals surface area (Å²) in [6, 6.07) is 9.99. The van der Waals surface area contributed by atoms with Gasteiger partial charge in [-0.2, -0.15) is 0 Å². The molecule has 1 amide bonds. The Hall–Kier alpha value is -2.73. The van der Waals surface area contributed by atoms with Gasteiger partial charge in [0, 0.05) is 18.5 Å². The van der Waals surface area contributed by atoms with Crippen LogP contribution in [0.2, 0.25) is 0 Å². The Bertz CT molecular complexity index is 951. The fourth-order valence-corrected chi connectivity index (χ4v) is 3.26. The molecule has 1 aromatic heterocycles. The Morgan fingerprint density at radius 1 is 1.24 bits per heavy atom. The highest BCUT2D eigenvalue weighted by molar-refractivity contribution is 5.86. The topological polar surface area (TPSA) is 66.6 Å². The van der Waals surface area contributed by atoms with Gasteiger partial charge in [0.05, 0.1) is 13.0 Å². The lowest BCUT2D eigenvalue weighted by Gasteiger charge is -2.29. The van der Waals surface area contributed by atoms with Crippen molar-refractivity contribution in [1.82, 2.24) is 10.1 Å². The van der Waals surface area contributed by atoms with E-state index in [9.17, 15) is 14.3 Å². The van der Waals surface area contributed by atoms with Gasteiger partial charge >= 0.3 is 0 Å². The summed E-state index contributed by atoms with van der Waals surface area (Å²) >= 11 is 0. The third-order valence-corrected chi connectivity index (χ3v) is 4.64. The van der Waals surface area contributed by atoms with Crippen LogP contribution in [0.5, 0.6) is 0 Å². The van der Waals surface area contributed by atoms with Crippen LogP contribution in [0.15, 0.2) is 40.9 Å². The zero-order valence-electron chi connectivity index (χ0n) is 13.5. The zero-order valence-corrected chi connectivity index (χ0v) is 13.5. The summed E-state index contributed by atoms with van der Waals surface area (Å²) in [5.41, 5.74) is 4.08. The quantitative estimate of drug-likeness (QED) is 0.796. The molecule has 25 heavy (non-hydrogen) atoms. The van der Waals surface area contributed by atoms with Crippen LogP contribution in [0.25, 0.3) is 11.0 Å². The van der Waals surface area contributed by atoms with E-state index >= 15 is 0 Å². The number of aliphatic hydroxyl groups is 1. The van der Waals surface area contributed by atoms with Crippen molar-refractivity contribution in [3.8, 4) is 0 Å². The molecule has 1 aliphatic heterocycles. The van der Waals surface area contributed by atoms with Crippen LogP contribution < -0.4 is 0 Å². The van der Waals surface area contributed by atoms with Crippen molar-refractivity contribution in [3.05, 3.63) is 64.6 Å². The highest BCUT2D eigenvalue weighted by atomic mass is 19.1. The highest BCUT2D eigenvalue weighted by Crippen LogP contribution is 2.23. The first kappa shape index (κ1) is 15.8. The molecule has 3 aromatic rings. The molecule has 2 heterocycles. The van der Waals surface area contributed by atoms with Gasteiger partial charge in [-0.15, -0.1) is 0 Å². The van der Waals surface area contributed by atoms with Crippen molar-refractivity contribution in [2.24, 2.45) is 0 Å². The summed E-state index contributed by atoms with van der Waals surface area (Å²) in [6.07, 6.45) is 0.837. The Morgan fingerprint density at radius 3 is 2.96 bits per heavy atom. The fourth-order valence-electron chi connectivity index (χ4n) is 3.26. The van der Waals surface area contributed by atoms with E-state index in [0.29, 0.717) is 29.8 Å². The summed E-state index contributed by atoms with van der Waals surface area (Å²) in [5.74, 6) is -0.438. The Kier molecular flexibility index (Phi) is 3.97. The lowest BCUT2D eigenvalue weighted by Crippen LogP contribution is -2.37. The SMILES string of the molecule is O=C(Cc1noc2ccc(F)cc12)N1CCc2cc(CO)ccc2C1. The lowest BCUT2D eigenvalue weighted by atomic mass is 9.97. The number of aliphatic hydroxyl groups excluding tert-OH is 1. The summed E-state index contributed by atoms with van der Waals surface area (Å²) in [6.45, 7) is 1.17. The molecule has 128 valence electrons. The van der Waals surface area contributed by atoms with Crippen molar-refractivity contribution >= 4 is 16.9 Å². The number of carbonyl (C=O) groups excluding carboxylic acids is 1. The molecule has 0 spiro atoms. The monoisotopic (exact) mass is 340 g/mol. The normalized spacial score (nSPS) is 13.9. The Morgan fingerprint density at radius 2 is 2.12 bits per heavy atom. The van der Waals surface area contributed by atoms with Crippen LogP contribution in [0, 0.1) is 5.82 Å². The smallest absolute Gasteiger partial charge is 0.229 e. The maximum atomic E-state index is 13.4. The van der Waals surface area contributed by atoms with E-state index in [1.54, 1.807) is 4.90 Å². The summed E-state index contributed by atoms with van der Waals surface area (Å²) in [7, 11) is 0. The molecule has 0 fully saturated rings. The van der Waals surface area contributed by atoms with E-state index in [1.165, 1.54) is 23.8 Å². The Balaban J connectivity index is 1.52. The molecule has 0 saturated carbocycles. The maximum Gasteiger partial charge on any atom is 0.229 e. The minimum absolute atomic E-state index is 0.0196. The standard InChI is InChI=1S/C19H17FN2O3/c20-15-3-4-18-16(8-15)17(21-25-18)9-19(24)22-6-5-13-7-12(11-23)1-2-14(13)10-22/h1-4,7-8,23H,5-6,9-11H2. The minimum Gasteiger partial charge on any atom is -0.392 e. The first-order valence-corrected chi connectivity index (χ1v) is 8.17. The second-order valence-electron chi connectivity index (χ2n) is 6.27. The molecule has 0 radical (unpaired) electrons. The molecular weight excluding hydrogens is 323 g/mol. The predicted molar refractivity (Wildman–Crippen MR) is 89.2 cm³/mol. The van der Waals surface area contributed by atoms with Crippen molar-refractivity contribution in [2.45, 2.75) is 26.0 Å². The summed E-state index contributed by atoms with van der Waals surface area (Å²) < 4.78 is 18.6. The first-order chi connectivity index (χ1) is 12.1. The highest BCUT2D eigenvalue weighted by Gasteiger charge is 2.23. The second-order valence-corrected chi connectivity index (χ2v) is 6.27. The number of amides is 1. The number of aromatic nitrogens is 1. The van der Waals surface area contributed by atoms with Crippen LogP contribution in [-0.2, 0) is 30.8 Å². The van der Waals surface area contributed by atoms with Crippen molar-refractivity contribution < 1.29 is 18.8 Å². The fraction of sp³-hybridized carbons (Fsp3) is 0.263. The molecule has 1 aliphatic rings. The number of fused-ring (bicyclic) bond motifs is 2. The molecule has 0 aliphatic carbocycles. The lowest BCUT2D eigenvalue weighted by molar-refractivity contribution is -0.131. The third kappa shape index (κ3) is 3.00. The number of hydrogen-bond acceptors (Lipinski definition) is 4. The summed E-state index contributed by atoms with van der Waals surface area (Å²) in [4.78, 5) is 14.4. The van der Waals surface area contributed by atoms with Crippen LogP contribution in [0.1, 0.15) is 22.4 Å². The summed E-state index contributed by atoms with van der Waals surface area (Å²) in [5, 5.41) is 13.7. The van der Waals surface area contributed by atoms with E-state index in [-0.39, 0.29) is 24.8 Å². The molecule has 0 saturated heterocycles. The maximum absolute atomic E-state index is 13.4. The second kappa shape index (κ2) is 6.29. The predicted octanol–water partition coefficient (Wildman–Crippen LogP) is 2.59. The first-order valence-electron chi connectivity index (χ1n) is 8.17. The number of nitrogens with zero attached hydrogens (tertiary/aromatic N) is 2. The van der Waals surface area contributed by atoms with E-state index < -0.39 is 0 Å². The van der Waals surface area contributed by atoms with Crippen LogP contribution in [0.3, 0.4) is 0 Å². The molecule has 0 atom stereocenters. The zero-order chi connectivity index (χ0) is 17.4. The van der Waals surface area contributed by atoms with Crippen molar-refractivity contribution in [2.75, 3.05) is 6.54 Å². The van der Waals surface area contributed by atoms with Gasteiger partial charge in [-0.3, -0.25) is 4.79 Å². The van der Waals surface area contributed by atoms with E-state index in [2.05, 4.69) is 5.16 Å². The Labute approximate surface area is 143 Å². The third-order valence-electron chi connectivity index (χ3n) is 4.64. The van der Waals surface area contributed by atoms with Gasteiger partial charge in [0.15, 0.2) is 5.58 Å². The minimum atomic E-state index is -0.379. The van der Waals surface area contributed by atoms with E-state index in [0.717, 1.165) is 17.5 Å². The van der Waals surface area contributed by atoms with Gasteiger partial charge in [-0.05, 0) is 41.3 Å². The molecule has 2 aromatic carbocycles. The number of benzene rings is 2. The van der Waals surface area contributed by atoms with Crippen LogP contribution >= 0.6 is 0 Å². The number of rotatable bonds is 3. The molecule has 4 rings (SSSR count). The van der Waals surface area contributed by atoms with Gasteiger partial charge in [0.1, 0.15) is 11.5 Å². The van der Waals surface area contributed by atoms with Gasteiger partial charge < -0.3 is 14.5 Å². The van der Waals surface area contributed by atoms with E-state index in [1.807, 2.05) is 18.2 Å². The van der Waals surface area contributed by atoms with Crippen molar-refractivity contribution in [3.63, 3.8) is 0 Å². The number of hydrogen-bond donors (Lipinski definition) is 1. The molecule has 1 N–H and O–H groups in total. The van der Waals surface area contributed by atoms with Crippen LogP contribution in [0.4, 0.5) is 4.39 Å². The van der Waals surface area contributed by atoms with Gasteiger partial charge in [-0.25, -0.2) is 4.39 Å². The van der Waals surface area contributed by atoms with Gasteiger partial charge in [0.2, 0.25) is 5.91 Å². The molecule has 0 unspecified atom stereocenters. The average Bonchev–Trinajstić information content (AvgIpc) is 3.02. The molecule has 5 nitrogen and oxygen atoms in total. The van der Waals surface area contributed by atoms with Gasteiger partial charge in [0.25, 0.3) is 0 Å².